The maximum absolute atomic E-state index is 11.1. The van der Waals surface area contributed by atoms with Crippen molar-refractivity contribution in [2.24, 2.45) is 0 Å². The van der Waals surface area contributed by atoms with Crippen molar-refractivity contribution in [3.05, 3.63) is 35.5 Å². The highest BCUT2D eigenvalue weighted by atomic mass is 16.4. The molecule has 0 aliphatic rings. The van der Waals surface area contributed by atoms with E-state index in [0.29, 0.717) is 11.5 Å². The number of anilines is 1. The van der Waals surface area contributed by atoms with E-state index >= 15 is 0 Å². The number of pyridine rings is 1. The van der Waals surface area contributed by atoms with Crippen LogP contribution in [0.5, 0.6) is 0 Å². The summed E-state index contributed by atoms with van der Waals surface area (Å²) >= 11 is 0. The zero-order valence-corrected chi connectivity index (χ0v) is 9.51. The third kappa shape index (κ3) is 1.84. The summed E-state index contributed by atoms with van der Waals surface area (Å²) in [5, 5.41) is 9.12. The molecule has 0 aliphatic carbocycles. The predicted molar refractivity (Wildman–Crippen MR) is 62.2 cm³/mol. The molecule has 3 N–H and O–H groups in total. The fourth-order valence-electron chi connectivity index (χ4n) is 1.54. The first-order chi connectivity index (χ1) is 8.00. The van der Waals surface area contributed by atoms with E-state index in [2.05, 4.69) is 9.97 Å². The minimum Gasteiger partial charge on any atom is -0.478 e. The molecule has 0 radical (unpaired) electrons. The van der Waals surface area contributed by atoms with Crippen LogP contribution in [0.3, 0.4) is 0 Å². The van der Waals surface area contributed by atoms with E-state index in [1.807, 2.05) is 13.8 Å². The highest BCUT2D eigenvalue weighted by Crippen LogP contribution is 2.18. The van der Waals surface area contributed by atoms with Gasteiger partial charge in [0.1, 0.15) is 11.9 Å². The summed E-state index contributed by atoms with van der Waals surface area (Å²) in [4.78, 5) is 19.3. The van der Waals surface area contributed by atoms with Gasteiger partial charge in [0.25, 0.3) is 0 Å². The van der Waals surface area contributed by atoms with Gasteiger partial charge in [0.05, 0.1) is 17.6 Å². The molecular weight excluding hydrogens is 220 g/mol. The van der Waals surface area contributed by atoms with Crippen LogP contribution in [0.15, 0.2) is 18.6 Å². The Balaban J connectivity index is 2.67. The topological polar surface area (TPSA) is 94.0 Å². The molecule has 6 nitrogen and oxygen atoms in total. The van der Waals surface area contributed by atoms with Crippen LogP contribution in [0.4, 0.5) is 5.69 Å². The van der Waals surface area contributed by atoms with E-state index in [9.17, 15) is 4.79 Å². The quantitative estimate of drug-likeness (QED) is 0.810. The van der Waals surface area contributed by atoms with Crippen LogP contribution in [-0.4, -0.2) is 25.6 Å². The second-order valence-electron chi connectivity index (χ2n) is 3.73. The van der Waals surface area contributed by atoms with Gasteiger partial charge in [0.2, 0.25) is 0 Å². The lowest BCUT2D eigenvalue weighted by Crippen LogP contribution is -2.09. The molecular formula is C11H12N4O2. The number of carboxylic acid groups (broad SMARTS) is 1. The first-order valence-electron chi connectivity index (χ1n) is 5.00. The SMILES string of the molecule is Cc1ncn(-c2ncc(N)cc2C(=O)O)c1C. The molecule has 0 amide bonds. The molecule has 0 atom stereocenters. The molecule has 2 heterocycles. The Kier molecular flexibility index (Phi) is 2.55. The third-order valence-electron chi connectivity index (χ3n) is 2.60. The van der Waals surface area contributed by atoms with Crippen LogP contribution in [0, 0.1) is 13.8 Å². The van der Waals surface area contributed by atoms with Crippen LogP contribution in [-0.2, 0) is 0 Å². The molecule has 0 saturated heterocycles. The fourth-order valence-corrected chi connectivity index (χ4v) is 1.54. The highest BCUT2D eigenvalue weighted by Gasteiger charge is 2.15. The highest BCUT2D eigenvalue weighted by molar-refractivity contribution is 5.92. The summed E-state index contributed by atoms with van der Waals surface area (Å²) < 4.78 is 1.64. The molecule has 0 spiro atoms. The average molecular weight is 232 g/mol. The van der Waals surface area contributed by atoms with E-state index in [1.54, 1.807) is 10.9 Å². The number of carboxylic acids is 1. The Morgan fingerprint density at radius 2 is 2.12 bits per heavy atom. The van der Waals surface area contributed by atoms with Gasteiger partial charge in [0.15, 0.2) is 5.82 Å². The summed E-state index contributed by atoms with van der Waals surface area (Å²) in [5.74, 6) is -0.740. The molecule has 0 aromatic carbocycles. The number of imidazole rings is 1. The molecule has 88 valence electrons. The molecule has 0 saturated carbocycles. The monoisotopic (exact) mass is 232 g/mol. The lowest BCUT2D eigenvalue weighted by Gasteiger charge is -2.08. The Bertz CT molecular complexity index is 589. The van der Waals surface area contributed by atoms with E-state index in [-0.39, 0.29) is 5.56 Å². The van der Waals surface area contributed by atoms with Crippen molar-refractivity contribution in [2.45, 2.75) is 13.8 Å². The second kappa shape index (κ2) is 3.89. The maximum atomic E-state index is 11.1. The van der Waals surface area contributed by atoms with Crippen molar-refractivity contribution >= 4 is 11.7 Å². The van der Waals surface area contributed by atoms with Crippen molar-refractivity contribution < 1.29 is 9.90 Å². The number of rotatable bonds is 2. The van der Waals surface area contributed by atoms with Crippen LogP contribution in [0.25, 0.3) is 5.82 Å². The average Bonchev–Trinajstić information content (AvgIpc) is 2.60. The van der Waals surface area contributed by atoms with Crippen molar-refractivity contribution in [2.75, 3.05) is 5.73 Å². The van der Waals surface area contributed by atoms with Crippen LogP contribution in [0.1, 0.15) is 21.7 Å². The third-order valence-corrected chi connectivity index (χ3v) is 2.60. The molecule has 0 aliphatic heterocycles. The molecule has 6 heteroatoms. The van der Waals surface area contributed by atoms with E-state index in [1.165, 1.54) is 12.3 Å². The van der Waals surface area contributed by atoms with Crippen molar-refractivity contribution in [1.82, 2.24) is 14.5 Å². The van der Waals surface area contributed by atoms with Crippen LogP contribution in [0.2, 0.25) is 0 Å². The summed E-state index contributed by atoms with van der Waals surface area (Å²) in [7, 11) is 0. The van der Waals surface area contributed by atoms with Crippen molar-refractivity contribution in [3.63, 3.8) is 0 Å². The fraction of sp³-hybridized carbons (Fsp3) is 0.182. The number of aromatic carboxylic acids is 1. The lowest BCUT2D eigenvalue weighted by molar-refractivity contribution is 0.0696. The minimum absolute atomic E-state index is 0.0606. The number of carbonyl (C=O) groups is 1. The summed E-state index contributed by atoms with van der Waals surface area (Å²) in [6, 6.07) is 1.39. The van der Waals surface area contributed by atoms with Gasteiger partial charge < -0.3 is 10.8 Å². The summed E-state index contributed by atoms with van der Waals surface area (Å²) in [6.07, 6.45) is 2.98. The number of aryl methyl sites for hydroxylation is 1. The number of nitrogen functional groups attached to an aromatic ring is 1. The van der Waals surface area contributed by atoms with Gasteiger partial charge in [-0.15, -0.1) is 0 Å². The van der Waals surface area contributed by atoms with E-state index in [0.717, 1.165) is 11.4 Å². The lowest BCUT2D eigenvalue weighted by atomic mass is 10.2. The van der Waals surface area contributed by atoms with Crippen molar-refractivity contribution in [1.29, 1.82) is 0 Å². The Morgan fingerprint density at radius 1 is 1.41 bits per heavy atom. The molecule has 2 aromatic rings. The number of hydrogen-bond donors (Lipinski definition) is 2. The summed E-state index contributed by atoms with van der Waals surface area (Å²) in [6.45, 7) is 3.70. The van der Waals surface area contributed by atoms with E-state index < -0.39 is 5.97 Å². The van der Waals surface area contributed by atoms with Gasteiger partial charge in [0, 0.05) is 5.69 Å². The number of hydrogen-bond acceptors (Lipinski definition) is 4. The van der Waals surface area contributed by atoms with Gasteiger partial charge in [-0.3, -0.25) is 4.57 Å². The van der Waals surface area contributed by atoms with Crippen LogP contribution < -0.4 is 5.73 Å². The molecule has 0 bridgehead atoms. The molecule has 0 fully saturated rings. The van der Waals surface area contributed by atoms with Crippen molar-refractivity contribution in [3.8, 4) is 5.82 Å². The Labute approximate surface area is 97.7 Å². The number of nitrogens with zero attached hydrogens (tertiary/aromatic N) is 3. The Hall–Kier alpha value is -2.37. The molecule has 0 unspecified atom stereocenters. The largest absolute Gasteiger partial charge is 0.478 e. The number of aromatic nitrogens is 3. The zero-order valence-electron chi connectivity index (χ0n) is 9.51. The first kappa shape index (κ1) is 11.1. The summed E-state index contributed by atoms with van der Waals surface area (Å²) in [5.41, 5.74) is 7.60. The molecule has 2 aromatic heterocycles. The van der Waals surface area contributed by atoms with E-state index in [4.69, 9.17) is 10.8 Å². The number of nitrogens with two attached hydrogens (primary N) is 1. The van der Waals surface area contributed by atoms with Gasteiger partial charge in [-0.1, -0.05) is 0 Å². The maximum Gasteiger partial charge on any atom is 0.339 e. The standard InChI is InChI=1S/C11H12N4O2/c1-6-7(2)15(5-14-6)10-9(11(16)17)3-8(12)4-13-10/h3-5H,12H2,1-2H3,(H,16,17). The van der Waals surface area contributed by atoms with Gasteiger partial charge in [-0.2, -0.15) is 0 Å². The van der Waals surface area contributed by atoms with Gasteiger partial charge >= 0.3 is 5.97 Å². The predicted octanol–water partition coefficient (Wildman–Crippen LogP) is 1.16. The van der Waals surface area contributed by atoms with Gasteiger partial charge in [-0.05, 0) is 19.9 Å². The second-order valence-corrected chi connectivity index (χ2v) is 3.73. The molecule has 17 heavy (non-hydrogen) atoms. The normalized spacial score (nSPS) is 10.5. The molecule has 2 rings (SSSR count). The van der Waals surface area contributed by atoms with Gasteiger partial charge in [-0.25, -0.2) is 14.8 Å². The zero-order chi connectivity index (χ0) is 12.6. The Morgan fingerprint density at radius 3 is 2.65 bits per heavy atom. The minimum atomic E-state index is -1.06. The van der Waals surface area contributed by atoms with Crippen LogP contribution >= 0.6 is 0 Å². The smallest absolute Gasteiger partial charge is 0.339 e. The first-order valence-corrected chi connectivity index (χ1v) is 5.00.